The van der Waals surface area contributed by atoms with Crippen molar-refractivity contribution >= 4 is 27.5 Å². The largest absolute Gasteiger partial charge is 0.493 e. The Bertz CT molecular complexity index is 2230. The average Bonchev–Trinajstić information content (AvgIpc) is 3.17. The maximum atomic E-state index is 11.8. The maximum Gasteiger partial charge on any atom is 0.333 e. The van der Waals surface area contributed by atoms with E-state index in [2.05, 4.69) is 141 Å². The summed E-state index contributed by atoms with van der Waals surface area (Å²) >= 11 is 0. The van der Waals surface area contributed by atoms with Gasteiger partial charge in [-0.3, -0.25) is 0 Å². The smallest absolute Gasteiger partial charge is 0.333 e. The fourth-order valence-corrected chi connectivity index (χ4v) is 6.00. The minimum atomic E-state index is -0.357. The molecule has 6 rings (SSSR count). The molecule has 0 aromatic heterocycles. The third kappa shape index (κ3) is 9.39. The molecule has 2 unspecified atom stereocenters. The van der Waals surface area contributed by atoms with E-state index in [4.69, 9.17) is 9.47 Å². The van der Waals surface area contributed by atoms with Gasteiger partial charge in [0.1, 0.15) is 5.75 Å². The molecule has 0 saturated carbocycles. The second-order valence-corrected chi connectivity index (χ2v) is 13.0. The molecule has 0 spiro atoms. The van der Waals surface area contributed by atoms with E-state index < -0.39 is 0 Å². The molecule has 0 fully saturated rings. The highest BCUT2D eigenvalue weighted by atomic mass is 16.5. The average molecular weight is 683 g/mol. The van der Waals surface area contributed by atoms with Crippen molar-refractivity contribution < 1.29 is 14.3 Å². The number of hydrogen-bond acceptors (Lipinski definition) is 3. The van der Waals surface area contributed by atoms with Crippen LogP contribution in [0.1, 0.15) is 68.9 Å². The number of rotatable bonds is 8. The zero-order chi connectivity index (χ0) is 37.0. The molecule has 2 atom stereocenters. The first-order valence-electron chi connectivity index (χ1n) is 18.0. The lowest BCUT2D eigenvalue weighted by Gasteiger charge is -2.18. The van der Waals surface area contributed by atoms with Crippen LogP contribution >= 0.6 is 0 Å². The highest BCUT2D eigenvalue weighted by molar-refractivity contribution is 6.09. The SMILES string of the molecule is C=C(C)C(=O)OC(C)CC(C)COc1ccc(C#Cc2c3ccccc3c(C#Cc3ccc(-c4ccc(C)cc4)cc3)c3ccccc23)cc1.CC. The van der Waals surface area contributed by atoms with Crippen molar-refractivity contribution in [2.45, 2.75) is 54.1 Å². The molecule has 3 heteroatoms. The molecule has 0 saturated heterocycles. The van der Waals surface area contributed by atoms with E-state index in [0.29, 0.717) is 18.6 Å². The van der Waals surface area contributed by atoms with Crippen LogP contribution in [0.25, 0.3) is 32.7 Å². The zero-order valence-electron chi connectivity index (χ0n) is 31.0. The van der Waals surface area contributed by atoms with Gasteiger partial charge >= 0.3 is 5.97 Å². The maximum absolute atomic E-state index is 11.8. The summed E-state index contributed by atoms with van der Waals surface area (Å²) in [7, 11) is 0. The normalized spacial score (nSPS) is 11.5. The molecule has 0 bridgehead atoms. The number of fused-ring (bicyclic) bond motifs is 2. The van der Waals surface area contributed by atoms with Crippen molar-refractivity contribution in [2.75, 3.05) is 6.61 Å². The summed E-state index contributed by atoms with van der Waals surface area (Å²) in [5.41, 5.74) is 7.89. The van der Waals surface area contributed by atoms with Crippen LogP contribution in [0.5, 0.6) is 5.75 Å². The summed E-state index contributed by atoms with van der Waals surface area (Å²) in [6.45, 7) is 15.9. The summed E-state index contributed by atoms with van der Waals surface area (Å²) in [5, 5.41) is 4.33. The second kappa shape index (κ2) is 17.8. The van der Waals surface area contributed by atoms with Crippen molar-refractivity contribution in [3.05, 3.63) is 161 Å². The first-order valence-corrected chi connectivity index (χ1v) is 18.0. The van der Waals surface area contributed by atoms with Gasteiger partial charge in [0.25, 0.3) is 0 Å². The molecule has 6 aromatic rings. The van der Waals surface area contributed by atoms with E-state index in [1.165, 1.54) is 16.7 Å². The molecule has 0 amide bonds. The molecule has 3 nitrogen and oxygen atoms in total. The van der Waals surface area contributed by atoms with Gasteiger partial charge in [-0.15, -0.1) is 0 Å². The van der Waals surface area contributed by atoms with Gasteiger partial charge in [0.2, 0.25) is 0 Å². The Balaban J connectivity index is 0.00000257. The van der Waals surface area contributed by atoms with E-state index in [-0.39, 0.29) is 18.0 Å². The molecule has 0 N–H and O–H groups in total. The number of hydrogen-bond donors (Lipinski definition) is 0. The first kappa shape index (κ1) is 37.2. The fraction of sp³-hybridized carbons (Fsp3) is 0.204. The van der Waals surface area contributed by atoms with Crippen LogP contribution in [0, 0.1) is 36.5 Å². The van der Waals surface area contributed by atoms with Gasteiger partial charge in [-0.1, -0.05) is 142 Å². The van der Waals surface area contributed by atoms with Gasteiger partial charge < -0.3 is 9.47 Å². The number of esters is 1. The summed E-state index contributed by atoms with van der Waals surface area (Å²) < 4.78 is 11.4. The minimum absolute atomic E-state index is 0.203. The first-order chi connectivity index (χ1) is 25.2. The number of carbonyl (C=O) groups excluding carboxylic acids is 1. The zero-order valence-corrected chi connectivity index (χ0v) is 31.0. The lowest BCUT2D eigenvalue weighted by Crippen LogP contribution is -2.20. The number of benzene rings is 6. The van der Waals surface area contributed by atoms with Crippen LogP contribution in [-0.4, -0.2) is 18.7 Å². The van der Waals surface area contributed by atoms with Crippen LogP contribution in [0.3, 0.4) is 0 Å². The highest BCUT2D eigenvalue weighted by Crippen LogP contribution is 2.32. The Morgan fingerprint density at radius 2 is 1.06 bits per heavy atom. The Labute approximate surface area is 309 Å². The van der Waals surface area contributed by atoms with Crippen LogP contribution in [0.2, 0.25) is 0 Å². The molecule has 52 heavy (non-hydrogen) atoms. The molecule has 6 aromatic carbocycles. The summed E-state index contributed by atoms with van der Waals surface area (Å²) in [6, 6.07) is 41.7. The van der Waals surface area contributed by atoms with Gasteiger partial charge in [0.05, 0.1) is 12.7 Å². The molecular formula is C49H46O3. The molecule has 260 valence electrons. The van der Waals surface area contributed by atoms with Crippen LogP contribution in [0.4, 0.5) is 0 Å². The van der Waals surface area contributed by atoms with E-state index in [1.54, 1.807) is 6.92 Å². The van der Waals surface area contributed by atoms with Gasteiger partial charge in [-0.25, -0.2) is 4.79 Å². The number of ether oxygens (including phenoxy) is 2. The molecule has 0 aliphatic rings. The Morgan fingerprint density at radius 1 is 0.635 bits per heavy atom. The van der Waals surface area contributed by atoms with Crippen molar-refractivity contribution in [3.8, 4) is 40.6 Å². The van der Waals surface area contributed by atoms with E-state index in [1.807, 2.05) is 45.0 Å². The van der Waals surface area contributed by atoms with Gasteiger partial charge in [-0.2, -0.15) is 0 Å². The molecular weight excluding hydrogens is 637 g/mol. The van der Waals surface area contributed by atoms with Crippen molar-refractivity contribution in [1.82, 2.24) is 0 Å². The van der Waals surface area contributed by atoms with Gasteiger partial charge in [0, 0.05) is 27.8 Å². The lowest BCUT2D eigenvalue weighted by atomic mass is 9.92. The monoisotopic (exact) mass is 682 g/mol. The van der Waals surface area contributed by atoms with E-state index in [0.717, 1.165) is 49.5 Å². The third-order valence-corrected chi connectivity index (χ3v) is 8.64. The fourth-order valence-electron chi connectivity index (χ4n) is 6.00. The molecule has 0 aliphatic carbocycles. The minimum Gasteiger partial charge on any atom is -0.493 e. The molecule has 0 radical (unpaired) electrons. The third-order valence-electron chi connectivity index (χ3n) is 8.64. The quantitative estimate of drug-likeness (QED) is 0.0694. The summed E-state index contributed by atoms with van der Waals surface area (Å²) in [5.74, 6) is 14.5. The van der Waals surface area contributed by atoms with Crippen LogP contribution in [0.15, 0.2) is 133 Å². The predicted octanol–water partition coefficient (Wildman–Crippen LogP) is 11.7. The van der Waals surface area contributed by atoms with Gasteiger partial charge in [-0.05, 0) is 102 Å². The topological polar surface area (TPSA) is 35.5 Å². The summed E-state index contributed by atoms with van der Waals surface area (Å²) in [6.07, 6.45) is 0.502. The van der Waals surface area contributed by atoms with Crippen molar-refractivity contribution in [2.24, 2.45) is 5.92 Å². The number of aryl methyl sites for hydroxylation is 1. The van der Waals surface area contributed by atoms with Gasteiger partial charge in [0.15, 0.2) is 0 Å². The molecule has 0 aliphatic heterocycles. The number of carbonyl (C=O) groups is 1. The standard InChI is InChI=1S/C47H40O3.C2H6/c1-32(2)47(48)50-35(5)30-34(4)31-49-40-26-18-37(19-27-40)21-29-46-43-12-8-6-10-41(43)45(42-11-7-9-13-44(42)46)28-20-36-16-24-39(25-17-36)38-22-14-33(3)15-23-38;1-2/h6-19,22-27,34-35H,1,30-31H2,2-5H3;1-2H3. The van der Waals surface area contributed by atoms with Crippen molar-refractivity contribution in [3.63, 3.8) is 0 Å². The Hall–Kier alpha value is -6.03. The summed E-state index contributed by atoms with van der Waals surface area (Å²) in [4.78, 5) is 11.8. The second-order valence-electron chi connectivity index (χ2n) is 13.0. The Morgan fingerprint density at radius 3 is 1.50 bits per heavy atom. The Kier molecular flexibility index (Phi) is 12.7. The predicted molar refractivity (Wildman–Crippen MR) is 217 cm³/mol. The van der Waals surface area contributed by atoms with E-state index in [9.17, 15) is 4.79 Å². The molecule has 0 heterocycles. The van der Waals surface area contributed by atoms with E-state index >= 15 is 0 Å². The van der Waals surface area contributed by atoms with Crippen LogP contribution in [-0.2, 0) is 9.53 Å². The van der Waals surface area contributed by atoms with Crippen molar-refractivity contribution in [1.29, 1.82) is 0 Å². The lowest BCUT2D eigenvalue weighted by molar-refractivity contribution is -0.144. The van der Waals surface area contributed by atoms with Crippen LogP contribution < -0.4 is 4.74 Å². The highest BCUT2D eigenvalue weighted by Gasteiger charge is 2.15.